The van der Waals surface area contributed by atoms with Gasteiger partial charge in [-0.05, 0) is 52.3 Å². The quantitative estimate of drug-likeness (QED) is 0.874. The molecule has 0 aliphatic carbocycles. The van der Waals surface area contributed by atoms with Gasteiger partial charge in [0, 0.05) is 11.8 Å². The van der Waals surface area contributed by atoms with Gasteiger partial charge in [0.2, 0.25) is 5.91 Å². The molecule has 1 aromatic heterocycles. The highest BCUT2D eigenvalue weighted by Crippen LogP contribution is 2.21. The minimum Gasteiger partial charge on any atom is -0.478 e. The van der Waals surface area contributed by atoms with Crippen molar-refractivity contribution in [3.63, 3.8) is 0 Å². The van der Waals surface area contributed by atoms with Crippen LogP contribution in [-0.4, -0.2) is 26.8 Å². The Balaban J connectivity index is 2.07. The van der Waals surface area contributed by atoms with Crippen LogP contribution in [0.25, 0.3) is 0 Å². The van der Waals surface area contributed by atoms with Gasteiger partial charge in [0.15, 0.2) is 0 Å². The third kappa shape index (κ3) is 4.68. The molecule has 0 saturated heterocycles. The molecule has 2 N–H and O–H groups in total. The first-order valence-electron chi connectivity index (χ1n) is 8.26. The molecule has 0 bridgehead atoms. The van der Waals surface area contributed by atoms with E-state index in [0.717, 1.165) is 11.3 Å². The molecule has 0 aliphatic heterocycles. The van der Waals surface area contributed by atoms with Crippen molar-refractivity contribution in [2.24, 2.45) is 0 Å². The van der Waals surface area contributed by atoms with E-state index in [1.54, 1.807) is 12.1 Å². The van der Waals surface area contributed by atoms with Gasteiger partial charge in [-0.2, -0.15) is 5.10 Å². The molecule has 1 heterocycles. The number of aryl methyl sites for hydroxylation is 1. The number of aromatic carboxylic acids is 1. The van der Waals surface area contributed by atoms with Gasteiger partial charge in [-0.25, -0.2) is 4.79 Å². The summed E-state index contributed by atoms with van der Waals surface area (Å²) in [7, 11) is 0. The molecule has 6 nitrogen and oxygen atoms in total. The molecule has 134 valence electrons. The number of carboxylic acid groups (broad SMARTS) is 1. The average Bonchev–Trinajstić information content (AvgIpc) is 2.89. The summed E-state index contributed by atoms with van der Waals surface area (Å²) in [6.45, 7) is 10.1. The van der Waals surface area contributed by atoms with Gasteiger partial charge in [0.1, 0.15) is 0 Å². The molecular weight excluding hydrogens is 318 g/mol. The van der Waals surface area contributed by atoms with Crippen LogP contribution in [0.4, 0.5) is 0 Å². The number of amides is 1. The maximum atomic E-state index is 12.3. The van der Waals surface area contributed by atoms with E-state index in [4.69, 9.17) is 5.11 Å². The number of carboxylic acids is 1. The monoisotopic (exact) mass is 343 g/mol. The Morgan fingerprint density at radius 2 is 2.00 bits per heavy atom. The lowest BCUT2D eigenvalue weighted by atomic mass is 10.1. The maximum Gasteiger partial charge on any atom is 0.335 e. The smallest absolute Gasteiger partial charge is 0.335 e. The molecule has 2 rings (SSSR count). The number of carbonyl (C=O) groups excluding carboxylic acids is 1. The zero-order valence-electron chi connectivity index (χ0n) is 15.3. The number of nitrogens with one attached hydrogen (secondary N) is 1. The Morgan fingerprint density at radius 3 is 2.56 bits per heavy atom. The maximum absolute atomic E-state index is 12.3. The molecular formula is C19H25N3O3. The predicted octanol–water partition coefficient (Wildman–Crippen LogP) is 3.06. The Morgan fingerprint density at radius 1 is 1.32 bits per heavy atom. The molecule has 25 heavy (non-hydrogen) atoms. The molecule has 1 aromatic carbocycles. The van der Waals surface area contributed by atoms with Gasteiger partial charge < -0.3 is 10.4 Å². The van der Waals surface area contributed by atoms with Gasteiger partial charge in [-0.3, -0.25) is 9.48 Å². The fraction of sp³-hybridized carbons (Fsp3) is 0.421. The third-order valence-corrected chi connectivity index (χ3v) is 4.01. The lowest BCUT2D eigenvalue weighted by molar-refractivity contribution is -0.121. The standard InChI is InChI=1S/C19H25N3O3/c1-12(16-11-22(19(3,4)5)21-13(16)2)20-17(23)10-14-7-6-8-15(9-14)18(24)25/h6-9,11-12H,10H2,1-5H3,(H,20,23)(H,24,25). The Bertz CT molecular complexity index is 787. The number of hydrogen-bond donors (Lipinski definition) is 2. The van der Waals surface area contributed by atoms with E-state index in [9.17, 15) is 9.59 Å². The number of benzene rings is 1. The molecule has 1 unspecified atom stereocenters. The SMILES string of the molecule is Cc1nn(C(C)(C)C)cc1C(C)NC(=O)Cc1cccc(C(=O)O)c1. The minimum absolute atomic E-state index is 0.121. The van der Waals surface area contributed by atoms with Crippen LogP contribution in [-0.2, 0) is 16.8 Å². The second-order valence-electron chi connectivity index (χ2n) is 7.26. The third-order valence-electron chi connectivity index (χ3n) is 4.01. The van der Waals surface area contributed by atoms with Crippen molar-refractivity contribution in [2.75, 3.05) is 0 Å². The first-order valence-corrected chi connectivity index (χ1v) is 8.26. The predicted molar refractivity (Wildman–Crippen MR) is 95.6 cm³/mol. The number of nitrogens with zero attached hydrogens (tertiary/aromatic N) is 2. The van der Waals surface area contributed by atoms with Gasteiger partial charge in [0.25, 0.3) is 0 Å². The molecule has 0 spiro atoms. The summed E-state index contributed by atoms with van der Waals surface area (Å²) in [5, 5.41) is 16.5. The van der Waals surface area contributed by atoms with Crippen molar-refractivity contribution in [3.8, 4) is 0 Å². The highest BCUT2D eigenvalue weighted by Gasteiger charge is 2.20. The molecule has 2 aromatic rings. The molecule has 0 radical (unpaired) electrons. The van der Waals surface area contributed by atoms with Crippen molar-refractivity contribution in [1.29, 1.82) is 0 Å². The van der Waals surface area contributed by atoms with E-state index in [1.807, 2.05) is 24.7 Å². The summed E-state index contributed by atoms with van der Waals surface area (Å²) >= 11 is 0. The Hall–Kier alpha value is -2.63. The van der Waals surface area contributed by atoms with E-state index < -0.39 is 5.97 Å². The summed E-state index contributed by atoms with van der Waals surface area (Å²) in [5.74, 6) is -1.15. The average molecular weight is 343 g/mol. The highest BCUT2D eigenvalue weighted by atomic mass is 16.4. The highest BCUT2D eigenvalue weighted by molar-refractivity contribution is 5.88. The van der Waals surface area contributed by atoms with E-state index in [-0.39, 0.29) is 29.5 Å². The fourth-order valence-corrected chi connectivity index (χ4v) is 2.61. The Kier molecular flexibility index (Phi) is 5.30. The number of rotatable bonds is 5. The molecule has 0 fully saturated rings. The normalized spacial score (nSPS) is 12.7. The van der Waals surface area contributed by atoms with Crippen molar-refractivity contribution in [3.05, 3.63) is 52.8 Å². The van der Waals surface area contributed by atoms with Crippen molar-refractivity contribution < 1.29 is 14.7 Å². The second-order valence-corrected chi connectivity index (χ2v) is 7.26. The van der Waals surface area contributed by atoms with Gasteiger partial charge in [0.05, 0.1) is 29.3 Å². The van der Waals surface area contributed by atoms with Crippen LogP contribution in [0, 0.1) is 6.92 Å². The van der Waals surface area contributed by atoms with E-state index in [1.165, 1.54) is 12.1 Å². The molecule has 0 saturated carbocycles. The van der Waals surface area contributed by atoms with Crippen molar-refractivity contribution in [1.82, 2.24) is 15.1 Å². The summed E-state index contributed by atoms with van der Waals surface area (Å²) in [6.07, 6.45) is 2.10. The molecule has 1 atom stereocenters. The van der Waals surface area contributed by atoms with Crippen LogP contribution in [0.15, 0.2) is 30.5 Å². The molecule has 0 aliphatic rings. The summed E-state index contributed by atoms with van der Waals surface area (Å²) < 4.78 is 1.90. The Labute approximate surface area is 147 Å². The molecule has 1 amide bonds. The van der Waals surface area contributed by atoms with E-state index in [0.29, 0.717) is 5.56 Å². The van der Waals surface area contributed by atoms with Crippen LogP contribution < -0.4 is 5.32 Å². The number of hydrogen-bond acceptors (Lipinski definition) is 3. The fourth-order valence-electron chi connectivity index (χ4n) is 2.61. The zero-order valence-corrected chi connectivity index (χ0v) is 15.3. The lowest BCUT2D eigenvalue weighted by Gasteiger charge is -2.19. The van der Waals surface area contributed by atoms with Crippen LogP contribution in [0.1, 0.15) is 60.9 Å². The summed E-state index contributed by atoms with van der Waals surface area (Å²) in [4.78, 5) is 23.3. The minimum atomic E-state index is -0.999. The van der Waals surface area contributed by atoms with Gasteiger partial charge in [-0.15, -0.1) is 0 Å². The lowest BCUT2D eigenvalue weighted by Crippen LogP contribution is -2.28. The van der Waals surface area contributed by atoms with Gasteiger partial charge >= 0.3 is 5.97 Å². The van der Waals surface area contributed by atoms with Crippen molar-refractivity contribution >= 4 is 11.9 Å². The first-order chi connectivity index (χ1) is 11.6. The number of carbonyl (C=O) groups is 2. The topological polar surface area (TPSA) is 84.2 Å². The molecule has 6 heteroatoms. The van der Waals surface area contributed by atoms with Crippen LogP contribution >= 0.6 is 0 Å². The first kappa shape index (κ1) is 18.7. The van der Waals surface area contributed by atoms with Crippen molar-refractivity contribution in [2.45, 2.75) is 52.6 Å². The van der Waals surface area contributed by atoms with Crippen LogP contribution in [0.5, 0.6) is 0 Å². The summed E-state index contributed by atoms with van der Waals surface area (Å²) in [6, 6.07) is 6.25. The van der Waals surface area contributed by atoms with Crippen LogP contribution in [0.2, 0.25) is 0 Å². The van der Waals surface area contributed by atoms with Crippen LogP contribution in [0.3, 0.4) is 0 Å². The number of aromatic nitrogens is 2. The van der Waals surface area contributed by atoms with Gasteiger partial charge in [-0.1, -0.05) is 12.1 Å². The van der Waals surface area contributed by atoms with E-state index in [2.05, 4.69) is 31.2 Å². The largest absolute Gasteiger partial charge is 0.478 e. The summed E-state index contributed by atoms with van der Waals surface area (Å²) in [5.41, 5.74) is 2.59. The second kappa shape index (κ2) is 7.09. The van der Waals surface area contributed by atoms with E-state index >= 15 is 0 Å². The zero-order chi connectivity index (χ0) is 18.8.